The number of nitro benzene ring substituents is 1. The Balaban J connectivity index is 1.68. The van der Waals surface area contributed by atoms with Crippen molar-refractivity contribution in [2.24, 2.45) is 0 Å². The minimum atomic E-state index is -0.533. The summed E-state index contributed by atoms with van der Waals surface area (Å²) in [6, 6.07) is 11.7. The van der Waals surface area contributed by atoms with Crippen LogP contribution >= 0.6 is 0 Å². The number of carbonyl (C=O) groups excluding carboxylic acids is 1. The van der Waals surface area contributed by atoms with Gasteiger partial charge >= 0.3 is 0 Å². The van der Waals surface area contributed by atoms with Crippen LogP contribution < -0.4 is 10.1 Å². The molecular formula is C23H21N5O4. The fraction of sp³-hybridized carbons (Fsp3) is 0.174. The van der Waals surface area contributed by atoms with Gasteiger partial charge in [0.2, 0.25) is 0 Å². The smallest absolute Gasteiger partial charge is 0.275 e. The summed E-state index contributed by atoms with van der Waals surface area (Å²) >= 11 is 0. The van der Waals surface area contributed by atoms with Crippen LogP contribution in [0.5, 0.6) is 11.5 Å². The molecule has 2 aromatic heterocycles. The minimum Gasteiger partial charge on any atom is -0.457 e. The molecule has 0 radical (unpaired) electrons. The van der Waals surface area contributed by atoms with Crippen LogP contribution in [0.25, 0.3) is 5.65 Å². The molecule has 0 bridgehead atoms. The maximum atomic E-state index is 12.9. The number of nitro groups is 1. The highest BCUT2D eigenvalue weighted by atomic mass is 16.6. The lowest BCUT2D eigenvalue weighted by molar-refractivity contribution is -0.384. The van der Waals surface area contributed by atoms with Gasteiger partial charge in [-0.3, -0.25) is 14.9 Å². The quantitative estimate of drug-likeness (QED) is 0.355. The first-order valence-electron chi connectivity index (χ1n) is 9.89. The number of non-ortho nitro benzene ring substituents is 1. The van der Waals surface area contributed by atoms with Gasteiger partial charge in [-0.1, -0.05) is 12.1 Å². The number of aromatic nitrogens is 3. The number of nitrogens with zero attached hydrogens (tertiary/aromatic N) is 4. The highest BCUT2D eigenvalue weighted by Crippen LogP contribution is 2.32. The molecule has 1 N–H and O–H groups in total. The molecule has 1 amide bonds. The van der Waals surface area contributed by atoms with E-state index in [1.54, 1.807) is 10.6 Å². The fourth-order valence-electron chi connectivity index (χ4n) is 3.39. The summed E-state index contributed by atoms with van der Waals surface area (Å²) in [6.45, 7) is 7.52. The number of anilines is 1. The number of hydrogen-bond donors (Lipinski definition) is 1. The van der Waals surface area contributed by atoms with E-state index in [9.17, 15) is 14.9 Å². The molecule has 4 aromatic rings. The van der Waals surface area contributed by atoms with Gasteiger partial charge in [-0.2, -0.15) is 5.10 Å². The average molecular weight is 431 g/mol. The minimum absolute atomic E-state index is 0.201. The van der Waals surface area contributed by atoms with Gasteiger partial charge in [-0.05, 0) is 51.0 Å². The Bertz CT molecular complexity index is 1380. The normalized spacial score (nSPS) is 10.9. The van der Waals surface area contributed by atoms with Gasteiger partial charge in [0, 0.05) is 23.5 Å². The number of benzene rings is 2. The topological polar surface area (TPSA) is 112 Å². The largest absolute Gasteiger partial charge is 0.457 e. The Kier molecular flexibility index (Phi) is 5.31. The zero-order valence-electron chi connectivity index (χ0n) is 18.0. The van der Waals surface area contributed by atoms with Crippen molar-refractivity contribution in [1.29, 1.82) is 0 Å². The van der Waals surface area contributed by atoms with E-state index >= 15 is 0 Å². The van der Waals surface area contributed by atoms with Gasteiger partial charge in [0.1, 0.15) is 17.1 Å². The van der Waals surface area contributed by atoms with E-state index in [1.807, 2.05) is 52.0 Å². The van der Waals surface area contributed by atoms with Gasteiger partial charge < -0.3 is 10.1 Å². The predicted molar refractivity (Wildman–Crippen MR) is 120 cm³/mol. The lowest BCUT2D eigenvalue weighted by Crippen LogP contribution is -2.12. The van der Waals surface area contributed by atoms with Crippen LogP contribution in [0.3, 0.4) is 0 Å². The lowest BCUT2D eigenvalue weighted by atomic mass is 10.1. The molecule has 0 saturated heterocycles. The molecule has 162 valence electrons. The first-order chi connectivity index (χ1) is 15.2. The van der Waals surface area contributed by atoms with E-state index < -0.39 is 10.8 Å². The van der Waals surface area contributed by atoms with Crippen molar-refractivity contribution in [1.82, 2.24) is 14.6 Å². The SMILES string of the molecule is Cc1ccc(C)c(Oc2cc(NC(=O)c3cnn4c(C)cc(C)nc34)cc([N+](=O)[O-])c2)c1. The zero-order chi connectivity index (χ0) is 23.0. The Morgan fingerprint density at radius 1 is 1.09 bits per heavy atom. The molecular weight excluding hydrogens is 410 g/mol. The molecule has 9 nitrogen and oxygen atoms in total. The number of amides is 1. The van der Waals surface area contributed by atoms with E-state index in [0.717, 1.165) is 22.5 Å². The molecule has 4 rings (SSSR count). The third-order valence-corrected chi connectivity index (χ3v) is 4.95. The second-order valence-corrected chi connectivity index (χ2v) is 7.63. The molecule has 0 aliphatic rings. The Morgan fingerprint density at radius 3 is 2.62 bits per heavy atom. The van der Waals surface area contributed by atoms with Gasteiger partial charge in [0.15, 0.2) is 5.65 Å². The van der Waals surface area contributed by atoms with Gasteiger partial charge in [0.25, 0.3) is 11.6 Å². The Hall–Kier alpha value is -4.27. The summed E-state index contributed by atoms with van der Waals surface area (Å²) in [6.07, 6.45) is 1.43. The van der Waals surface area contributed by atoms with E-state index in [-0.39, 0.29) is 22.7 Å². The third kappa shape index (κ3) is 4.13. The Morgan fingerprint density at radius 2 is 1.88 bits per heavy atom. The predicted octanol–water partition coefficient (Wildman–Crippen LogP) is 4.92. The summed E-state index contributed by atoms with van der Waals surface area (Å²) < 4.78 is 7.48. The van der Waals surface area contributed by atoms with Crippen molar-refractivity contribution >= 4 is 22.9 Å². The van der Waals surface area contributed by atoms with Gasteiger partial charge in [-0.25, -0.2) is 9.50 Å². The van der Waals surface area contributed by atoms with Gasteiger partial charge in [0.05, 0.1) is 22.9 Å². The molecule has 0 aliphatic carbocycles. The second kappa shape index (κ2) is 8.10. The van der Waals surface area contributed by atoms with Crippen LogP contribution in [0, 0.1) is 37.8 Å². The van der Waals surface area contributed by atoms with Crippen LogP contribution in [0.1, 0.15) is 32.9 Å². The number of rotatable bonds is 5. The van der Waals surface area contributed by atoms with E-state index in [0.29, 0.717) is 11.4 Å². The number of nitrogens with one attached hydrogen (secondary N) is 1. The van der Waals surface area contributed by atoms with Crippen LogP contribution in [0.4, 0.5) is 11.4 Å². The molecule has 2 heterocycles. The average Bonchev–Trinajstić information content (AvgIpc) is 3.15. The van der Waals surface area contributed by atoms with Crippen molar-refractivity contribution in [3.8, 4) is 11.5 Å². The zero-order valence-corrected chi connectivity index (χ0v) is 18.0. The van der Waals surface area contributed by atoms with Crippen LogP contribution in [-0.2, 0) is 0 Å². The fourth-order valence-corrected chi connectivity index (χ4v) is 3.39. The number of carbonyl (C=O) groups is 1. The summed E-state index contributed by atoms with van der Waals surface area (Å²) in [5.41, 5.74) is 4.18. The molecule has 0 fully saturated rings. The molecule has 0 unspecified atom stereocenters. The molecule has 9 heteroatoms. The first kappa shape index (κ1) is 21.0. The van der Waals surface area contributed by atoms with Crippen molar-refractivity contribution in [3.63, 3.8) is 0 Å². The van der Waals surface area contributed by atoms with E-state index in [1.165, 1.54) is 18.3 Å². The number of ether oxygens (including phenoxy) is 1. The monoisotopic (exact) mass is 431 g/mol. The number of hydrogen-bond acceptors (Lipinski definition) is 6. The second-order valence-electron chi connectivity index (χ2n) is 7.63. The van der Waals surface area contributed by atoms with Crippen LogP contribution in [0.15, 0.2) is 48.7 Å². The summed E-state index contributed by atoms with van der Waals surface area (Å²) in [5, 5.41) is 18.4. The summed E-state index contributed by atoms with van der Waals surface area (Å²) in [7, 11) is 0. The molecule has 0 saturated carbocycles. The Labute approximate surface area is 183 Å². The van der Waals surface area contributed by atoms with E-state index in [4.69, 9.17) is 4.74 Å². The molecule has 0 aliphatic heterocycles. The van der Waals surface area contributed by atoms with Gasteiger partial charge in [-0.15, -0.1) is 0 Å². The number of fused-ring (bicyclic) bond motifs is 1. The molecule has 0 spiro atoms. The lowest BCUT2D eigenvalue weighted by Gasteiger charge is -2.11. The van der Waals surface area contributed by atoms with Crippen molar-refractivity contribution < 1.29 is 14.5 Å². The third-order valence-electron chi connectivity index (χ3n) is 4.95. The van der Waals surface area contributed by atoms with Crippen molar-refractivity contribution in [2.45, 2.75) is 27.7 Å². The maximum absolute atomic E-state index is 12.9. The molecule has 2 aromatic carbocycles. The number of aryl methyl sites for hydroxylation is 4. The van der Waals surface area contributed by atoms with E-state index in [2.05, 4.69) is 15.4 Å². The summed E-state index contributed by atoms with van der Waals surface area (Å²) in [4.78, 5) is 28.3. The van der Waals surface area contributed by atoms with Crippen LogP contribution in [0.2, 0.25) is 0 Å². The highest BCUT2D eigenvalue weighted by molar-refractivity contribution is 6.08. The van der Waals surface area contributed by atoms with Crippen molar-refractivity contribution in [3.05, 3.63) is 86.9 Å². The maximum Gasteiger partial charge on any atom is 0.275 e. The molecule has 0 atom stereocenters. The highest BCUT2D eigenvalue weighted by Gasteiger charge is 2.18. The summed E-state index contributed by atoms with van der Waals surface area (Å²) in [5.74, 6) is 0.351. The van der Waals surface area contributed by atoms with Crippen molar-refractivity contribution in [2.75, 3.05) is 5.32 Å². The standard InChI is InChI=1S/C23H21N5O4/c1-13-5-6-14(2)21(7-13)32-19-10-17(9-18(11-19)28(30)31)26-23(29)20-12-24-27-16(4)8-15(3)25-22(20)27/h5-12H,1-4H3,(H,26,29). The molecule has 32 heavy (non-hydrogen) atoms. The van der Waals surface area contributed by atoms with Crippen LogP contribution in [-0.4, -0.2) is 25.4 Å². The first-order valence-corrected chi connectivity index (χ1v) is 9.89.